The number of rotatable bonds is 4. The number of hydrogen-bond donors (Lipinski definition) is 0. The fraction of sp³-hybridized carbons (Fsp3) is 0.214. The molecule has 0 saturated heterocycles. The van der Waals surface area contributed by atoms with Crippen molar-refractivity contribution in [3.8, 4) is 0 Å². The molecule has 0 amide bonds. The third-order valence-electron chi connectivity index (χ3n) is 6.42. The third kappa shape index (κ3) is 5.45. The third-order valence-corrected chi connectivity index (χ3v) is 12.4. The Morgan fingerprint density at radius 1 is 0.606 bits per heavy atom. The number of benzene rings is 3. The first-order chi connectivity index (χ1) is 14.3. The van der Waals surface area contributed by atoms with E-state index in [4.69, 9.17) is 0 Å². The Balaban J connectivity index is 0.00000181. The van der Waals surface area contributed by atoms with Gasteiger partial charge in [0, 0.05) is 0 Å². The molecule has 0 unspecified atom stereocenters. The largest absolute Gasteiger partial charge is 0.147 e. The van der Waals surface area contributed by atoms with Gasteiger partial charge in [-0.15, -0.1) is 37.2 Å². The van der Waals surface area contributed by atoms with Crippen molar-refractivity contribution >= 4 is 60.9 Å². The molecule has 0 aliphatic heterocycles. The Kier molecular flexibility index (Phi) is 11.0. The molecule has 5 heteroatoms. The van der Waals surface area contributed by atoms with Crippen LogP contribution in [0.4, 0.5) is 0 Å². The minimum absolute atomic E-state index is 0. The van der Waals surface area contributed by atoms with Gasteiger partial charge in [0.05, 0.1) is 0 Å². The first-order valence-electron chi connectivity index (χ1n) is 10.7. The summed E-state index contributed by atoms with van der Waals surface area (Å²) in [5.74, 6) is 0. The van der Waals surface area contributed by atoms with Gasteiger partial charge in [0.1, 0.15) is 0 Å². The Labute approximate surface area is 230 Å². The van der Waals surface area contributed by atoms with Gasteiger partial charge in [-0.3, -0.25) is 0 Å². The molecule has 0 N–H and O–H groups in total. The number of hydrogen-bond acceptors (Lipinski definition) is 0. The van der Waals surface area contributed by atoms with E-state index in [9.17, 15) is 0 Å². The SMILES string of the molecule is CC1=C([Si](c2cccc(C)c2)(c2cccc(C)c2)c2cccc(C)c2)C(C)=[C]([Ti])C1.Cl.Cl.Cl. The van der Waals surface area contributed by atoms with Crippen LogP contribution in [0, 0.1) is 20.8 Å². The molecule has 1 aliphatic rings. The monoisotopic (exact) mass is 549 g/mol. The summed E-state index contributed by atoms with van der Waals surface area (Å²) in [5, 5.41) is 6.08. The van der Waals surface area contributed by atoms with Gasteiger partial charge in [-0.2, -0.15) is 0 Å². The molecule has 3 aromatic carbocycles. The van der Waals surface area contributed by atoms with Crippen molar-refractivity contribution < 1.29 is 20.4 Å². The Hall–Kier alpha value is -1.06. The van der Waals surface area contributed by atoms with Crippen molar-refractivity contribution in [2.45, 2.75) is 41.0 Å². The summed E-state index contributed by atoms with van der Waals surface area (Å²) in [6, 6.07) is 27.9. The summed E-state index contributed by atoms with van der Waals surface area (Å²) in [6.45, 7) is 11.4. The molecule has 0 fully saturated rings. The van der Waals surface area contributed by atoms with Crippen LogP contribution in [0.25, 0.3) is 0 Å². The van der Waals surface area contributed by atoms with Crippen molar-refractivity contribution in [1.82, 2.24) is 0 Å². The molecule has 0 radical (unpaired) electrons. The Morgan fingerprint density at radius 3 is 1.24 bits per heavy atom. The molecule has 0 bridgehead atoms. The van der Waals surface area contributed by atoms with E-state index in [1.54, 1.807) is 10.8 Å². The molecule has 0 heterocycles. The molecule has 0 aromatic heterocycles. The number of aryl methyl sites for hydroxylation is 3. The van der Waals surface area contributed by atoms with Gasteiger partial charge in [0.25, 0.3) is 0 Å². The maximum absolute atomic E-state index is 2.44. The molecular formula is C28H32Cl3SiTi. The summed E-state index contributed by atoms with van der Waals surface area (Å²) in [7, 11) is -2.43. The standard InChI is InChI=1S/C28H29Si.3ClH.Ti/c1-20-9-6-12-25(17-20)29(26-13-7-10-21(2)18-26,27-14-8-11-22(3)19-27)28-23(4)15-16-24(28)5;;;;/h6-14,17-19H,15H2,1-5H3;3*1H;. The van der Waals surface area contributed by atoms with Crippen LogP contribution in [0.15, 0.2) is 93.0 Å². The van der Waals surface area contributed by atoms with Gasteiger partial charge >= 0.3 is 195 Å². The van der Waals surface area contributed by atoms with Crippen LogP contribution in [0.5, 0.6) is 0 Å². The van der Waals surface area contributed by atoms with E-state index in [0.717, 1.165) is 6.42 Å². The molecule has 0 atom stereocenters. The molecule has 0 saturated carbocycles. The van der Waals surface area contributed by atoms with Crippen LogP contribution in [-0.4, -0.2) is 8.07 Å². The van der Waals surface area contributed by atoms with Crippen molar-refractivity contribution in [3.05, 3.63) is 110 Å². The fourth-order valence-corrected chi connectivity index (χ4v) is 11.6. The average Bonchev–Trinajstić information content (AvgIpc) is 2.96. The van der Waals surface area contributed by atoms with Crippen LogP contribution in [0.3, 0.4) is 0 Å². The van der Waals surface area contributed by atoms with Gasteiger partial charge < -0.3 is 0 Å². The molecule has 0 spiro atoms. The summed E-state index contributed by atoms with van der Waals surface area (Å²) in [6.07, 6.45) is 1.10. The number of allylic oxidation sites excluding steroid dienone is 4. The second-order valence-electron chi connectivity index (χ2n) is 8.79. The predicted octanol–water partition coefficient (Wildman–Crippen LogP) is 6.43. The molecule has 33 heavy (non-hydrogen) atoms. The van der Waals surface area contributed by atoms with Crippen LogP contribution in [0.2, 0.25) is 0 Å². The minimum atomic E-state index is -2.43. The maximum atomic E-state index is 2.44. The van der Waals surface area contributed by atoms with Crippen LogP contribution >= 0.6 is 37.2 Å². The first-order valence-corrected chi connectivity index (χ1v) is 13.5. The van der Waals surface area contributed by atoms with Crippen molar-refractivity contribution in [2.24, 2.45) is 0 Å². The molecule has 173 valence electrons. The molecule has 0 nitrogen and oxygen atoms in total. The normalized spacial score (nSPS) is 13.2. The Bertz CT molecular complexity index is 1090. The molecular weight excluding hydrogens is 519 g/mol. The molecule has 3 aromatic rings. The molecule has 4 rings (SSSR count). The van der Waals surface area contributed by atoms with E-state index >= 15 is 0 Å². The van der Waals surface area contributed by atoms with E-state index < -0.39 is 8.07 Å². The van der Waals surface area contributed by atoms with Crippen LogP contribution < -0.4 is 15.6 Å². The van der Waals surface area contributed by atoms with Crippen LogP contribution in [0.1, 0.15) is 37.0 Å². The van der Waals surface area contributed by atoms with Crippen molar-refractivity contribution in [2.75, 3.05) is 0 Å². The van der Waals surface area contributed by atoms with E-state index in [2.05, 4.69) is 128 Å². The maximum Gasteiger partial charge on any atom is -0.147 e. The smallest absolute Gasteiger partial charge is 0.147 e. The quantitative estimate of drug-likeness (QED) is 0.260. The summed E-state index contributed by atoms with van der Waals surface area (Å²) >= 11 is 2.31. The first kappa shape index (κ1) is 30.0. The zero-order valence-corrected chi connectivity index (χ0v) is 24.9. The topological polar surface area (TPSA) is 0 Å². The van der Waals surface area contributed by atoms with E-state index in [1.165, 1.54) is 41.7 Å². The van der Waals surface area contributed by atoms with E-state index in [-0.39, 0.29) is 37.2 Å². The number of halogens is 3. The minimum Gasteiger partial charge on any atom is -0.147 e. The van der Waals surface area contributed by atoms with E-state index in [1.807, 2.05) is 0 Å². The van der Waals surface area contributed by atoms with Crippen LogP contribution in [-0.2, 0) is 20.4 Å². The van der Waals surface area contributed by atoms with Crippen molar-refractivity contribution in [1.29, 1.82) is 0 Å². The second-order valence-corrected chi connectivity index (χ2v) is 13.5. The fourth-order valence-electron chi connectivity index (χ4n) is 5.13. The van der Waals surface area contributed by atoms with Gasteiger partial charge in [-0.05, 0) is 0 Å². The molecule has 1 aliphatic carbocycles. The van der Waals surface area contributed by atoms with E-state index in [0.29, 0.717) is 0 Å². The van der Waals surface area contributed by atoms with Gasteiger partial charge in [-0.1, -0.05) is 0 Å². The Morgan fingerprint density at radius 2 is 0.970 bits per heavy atom. The summed E-state index contributed by atoms with van der Waals surface area (Å²) in [4.78, 5) is 0. The zero-order valence-electron chi connectivity index (χ0n) is 19.9. The summed E-state index contributed by atoms with van der Waals surface area (Å²) in [5.41, 5.74) is 7.04. The van der Waals surface area contributed by atoms with Gasteiger partial charge in [0.2, 0.25) is 0 Å². The van der Waals surface area contributed by atoms with Gasteiger partial charge in [-0.25, -0.2) is 0 Å². The van der Waals surface area contributed by atoms with Gasteiger partial charge in [0.15, 0.2) is 0 Å². The average molecular weight is 551 g/mol. The summed E-state index contributed by atoms with van der Waals surface area (Å²) < 4.78 is 1.52. The second kappa shape index (κ2) is 12.1. The zero-order chi connectivity index (χ0) is 21.5. The van der Waals surface area contributed by atoms with Crippen molar-refractivity contribution in [3.63, 3.8) is 0 Å². The predicted molar refractivity (Wildman–Crippen MR) is 150 cm³/mol.